The minimum atomic E-state index is -0.652. The van der Waals surface area contributed by atoms with E-state index in [1.54, 1.807) is 18.2 Å². The van der Waals surface area contributed by atoms with E-state index in [0.717, 1.165) is 0 Å². The maximum atomic E-state index is 11.5. The van der Waals surface area contributed by atoms with Crippen molar-refractivity contribution in [2.75, 3.05) is 6.61 Å². The molecule has 1 aromatic carbocycles. The van der Waals surface area contributed by atoms with Crippen LogP contribution in [0.2, 0.25) is 0 Å². The number of ketones is 1. The summed E-state index contributed by atoms with van der Waals surface area (Å²) in [7, 11) is 0. The Hall–Kier alpha value is -2.08. The molecule has 1 aromatic rings. The number of para-hydroxylation sites is 1. The smallest absolute Gasteiger partial charge is 0.187 e. The minimum absolute atomic E-state index is 0.0733. The number of benzene rings is 1. The van der Waals surface area contributed by atoms with Gasteiger partial charge in [0.25, 0.3) is 0 Å². The van der Waals surface area contributed by atoms with Gasteiger partial charge >= 0.3 is 0 Å². The predicted molar refractivity (Wildman–Crippen MR) is 60.9 cm³/mol. The Morgan fingerprint density at radius 3 is 2.75 bits per heavy atom. The van der Waals surface area contributed by atoms with Crippen LogP contribution >= 0.6 is 0 Å². The molecular weight excluding hydrogens is 202 g/mol. The van der Waals surface area contributed by atoms with Gasteiger partial charge in [0.05, 0.1) is 6.07 Å². The molecule has 0 aliphatic heterocycles. The molecule has 0 heterocycles. The lowest BCUT2D eigenvalue weighted by Gasteiger charge is -2.07. The summed E-state index contributed by atoms with van der Waals surface area (Å²) in [5.41, 5.74) is 0. The number of nitriles is 1. The van der Waals surface area contributed by atoms with Crippen molar-refractivity contribution in [3.8, 4) is 11.8 Å². The number of nitrogens with zero attached hydrogens (tertiary/aromatic N) is 1. The largest absolute Gasteiger partial charge is 0.486 e. The van der Waals surface area contributed by atoms with Gasteiger partial charge in [-0.3, -0.25) is 4.79 Å². The number of carbonyl (C=O) groups excluding carboxylic acids is 1. The van der Waals surface area contributed by atoms with E-state index >= 15 is 0 Å². The Labute approximate surface area is 95.0 Å². The maximum Gasteiger partial charge on any atom is 0.187 e. The number of allylic oxidation sites excluding steroid dienone is 1. The molecule has 3 nitrogen and oxygen atoms in total. The zero-order valence-corrected chi connectivity index (χ0v) is 8.93. The highest BCUT2D eigenvalue weighted by atomic mass is 16.5. The molecule has 0 fully saturated rings. The summed E-state index contributed by atoms with van der Waals surface area (Å²) in [6.45, 7) is 3.43. The van der Waals surface area contributed by atoms with Crippen molar-refractivity contribution >= 4 is 5.78 Å². The summed E-state index contributed by atoms with van der Waals surface area (Å²) < 4.78 is 5.26. The molecule has 1 unspecified atom stereocenters. The molecule has 1 rings (SSSR count). The van der Waals surface area contributed by atoms with Crippen molar-refractivity contribution in [3.63, 3.8) is 0 Å². The summed E-state index contributed by atoms with van der Waals surface area (Å²) in [4.78, 5) is 11.5. The number of rotatable bonds is 6. The molecule has 16 heavy (non-hydrogen) atoms. The number of Topliss-reactive ketones (excluding diaryl/α,β-unsaturated/α-hetero) is 1. The summed E-state index contributed by atoms with van der Waals surface area (Å²) in [5.74, 6) is -0.237. The zero-order valence-electron chi connectivity index (χ0n) is 8.93. The highest BCUT2D eigenvalue weighted by Crippen LogP contribution is 2.10. The first kappa shape index (κ1) is 12.0. The zero-order chi connectivity index (χ0) is 11.8. The number of ether oxygens (including phenoxy) is 1. The standard InChI is InChI=1S/C13H13NO2/c1-2-6-11(9-14)13(15)10-16-12-7-4-3-5-8-12/h2-5,7-8,11H,1,6,10H2. The van der Waals surface area contributed by atoms with Crippen LogP contribution < -0.4 is 4.74 Å². The lowest BCUT2D eigenvalue weighted by molar-refractivity contribution is -0.123. The first-order valence-electron chi connectivity index (χ1n) is 4.99. The first-order valence-corrected chi connectivity index (χ1v) is 4.99. The van der Waals surface area contributed by atoms with Gasteiger partial charge in [-0.1, -0.05) is 24.3 Å². The Kier molecular flexibility index (Phi) is 4.81. The van der Waals surface area contributed by atoms with E-state index in [0.29, 0.717) is 12.2 Å². The highest BCUT2D eigenvalue weighted by molar-refractivity contribution is 5.84. The third-order valence-electron chi connectivity index (χ3n) is 2.07. The fourth-order valence-electron chi connectivity index (χ4n) is 1.19. The van der Waals surface area contributed by atoms with Gasteiger partial charge in [-0.2, -0.15) is 5.26 Å². The fourth-order valence-corrected chi connectivity index (χ4v) is 1.19. The van der Waals surface area contributed by atoms with Gasteiger partial charge in [-0.15, -0.1) is 6.58 Å². The molecule has 0 aliphatic carbocycles. The van der Waals surface area contributed by atoms with Gasteiger partial charge < -0.3 is 4.74 Å². The molecule has 0 amide bonds. The van der Waals surface area contributed by atoms with Crippen LogP contribution in [0.1, 0.15) is 6.42 Å². The third kappa shape index (κ3) is 3.58. The van der Waals surface area contributed by atoms with Crippen LogP contribution in [0, 0.1) is 17.2 Å². The third-order valence-corrected chi connectivity index (χ3v) is 2.07. The quantitative estimate of drug-likeness (QED) is 0.684. The molecule has 3 heteroatoms. The summed E-state index contributed by atoms with van der Waals surface area (Å²) in [6, 6.07) is 11.0. The van der Waals surface area contributed by atoms with Gasteiger partial charge in [0.2, 0.25) is 0 Å². The Bertz CT molecular complexity index is 392. The Morgan fingerprint density at radius 1 is 1.50 bits per heavy atom. The van der Waals surface area contributed by atoms with E-state index in [-0.39, 0.29) is 12.4 Å². The average Bonchev–Trinajstić information content (AvgIpc) is 2.34. The fraction of sp³-hybridized carbons (Fsp3) is 0.231. The van der Waals surface area contributed by atoms with Crippen LogP contribution in [0.3, 0.4) is 0 Å². The van der Waals surface area contributed by atoms with Crippen LogP contribution in [0.25, 0.3) is 0 Å². The van der Waals surface area contributed by atoms with Gasteiger partial charge in [0, 0.05) is 0 Å². The number of carbonyl (C=O) groups is 1. The van der Waals surface area contributed by atoms with Crippen molar-refractivity contribution in [1.82, 2.24) is 0 Å². The SMILES string of the molecule is C=CCC(C#N)C(=O)COc1ccccc1. The predicted octanol–water partition coefficient (Wildman–Crippen LogP) is 2.35. The number of hydrogen-bond acceptors (Lipinski definition) is 3. The summed E-state index contributed by atoms with van der Waals surface area (Å²) >= 11 is 0. The van der Waals surface area contributed by atoms with Gasteiger partial charge in [0.1, 0.15) is 18.3 Å². The lowest BCUT2D eigenvalue weighted by Crippen LogP contribution is -2.19. The Morgan fingerprint density at radius 2 is 2.19 bits per heavy atom. The molecule has 0 aromatic heterocycles. The molecule has 82 valence electrons. The van der Waals surface area contributed by atoms with Crippen molar-refractivity contribution in [1.29, 1.82) is 5.26 Å². The van der Waals surface area contributed by atoms with Crippen LogP contribution in [-0.2, 0) is 4.79 Å². The molecule has 1 atom stereocenters. The van der Waals surface area contributed by atoms with Crippen molar-refractivity contribution in [3.05, 3.63) is 43.0 Å². The molecule has 0 aliphatic rings. The summed E-state index contributed by atoms with van der Waals surface area (Å²) in [6.07, 6.45) is 1.93. The van der Waals surface area contributed by atoms with E-state index in [1.165, 1.54) is 0 Å². The maximum absolute atomic E-state index is 11.5. The van der Waals surface area contributed by atoms with Crippen molar-refractivity contribution in [2.24, 2.45) is 5.92 Å². The van der Waals surface area contributed by atoms with E-state index < -0.39 is 5.92 Å². The van der Waals surface area contributed by atoms with E-state index in [9.17, 15) is 4.79 Å². The molecule has 0 bridgehead atoms. The van der Waals surface area contributed by atoms with Crippen LogP contribution in [0.4, 0.5) is 0 Å². The second kappa shape index (κ2) is 6.41. The first-order chi connectivity index (χ1) is 7.77. The van der Waals surface area contributed by atoms with Gasteiger partial charge in [-0.25, -0.2) is 0 Å². The van der Waals surface area contributed by atoms with Crippen LogP contribution in [0.15, 0.2) is 43.0 Å². The van der Waals surface area contributed by atoms with Gasteiger partial charge in [-0.05, 0) is 18.6 Å². The average molecular weight is 215 g/mol. The molecular formula is C13H13NO2. The monoisotopic (exact) mass is 215 g/mol. The van der Waals surface area contributed by atoms with Crippen LogP contribution in [0.5, 0.6) is 5.75 Å². The second-order valence-corrected chi connectivity index (χ2v) is 3.27. The molecule has 0 radical (unpaired) electrons. The van der Waals surface area contributed by atoms with Crippen molar-refractivity contribution < 1.29 is 9.53 Å². The second-order valence-electron chi connectivity index (χ2n) is 3.27. The molecule has 0 N–H and O–H groups in total. The van der Waals surface area contributed by atoms with E-state index in [1.807, 2.05) is 24.3 Å². The highest BCUT2D eigenvalue weighted by Gasteiger charge is 2.16. The molecule has 0 spiro atoms. The lowest BCUT2D eigenvalue weighted by atomic mass is 10.0. The van der Waals surface area contributed by atoms with Gasteiger partial charge in [0.15, 0.2) is 5.78 Å². The minimum Gasteiger partial charge on any atom is -0.486 e. The van der Waals surface area contributed by atoms with E-state index in [4.69, 9.17) is 10.00 Å². The Balaban J connectivity index is 2.46. The topological polar surface area (TPSA) is 50.1 Å². The van der Waals surface area contributed by atoms with E-state index in [2.05, 4.69) is 6.58 Å². The van der Waals surface area contributed by atoms with Crippen LogP contribution in [-0.4, -0.2) is 12.4 Å². The molecule has 0 saturated carbocycles. The normalized spacial score (nSPS) is 11.2. The summed E-state index contributed by atoms with van der Waals surface area (Å²) in [5, 5.41) is 8.75. The number of hydrogen-bond donors (Lipinski definition) is 0. The molecule has 0 saturated heterocycles. The van der Waals surface area contributed by atoms with Crippen molar-refractivity contribution in [2.45, 2.75) is 6.42 Å².